The molecule has 1 atom stereocenters. The molecular formula is C22H26N2O3. The molecule has 0 saturated carbocycles. The van der Waals surface area contributed by atoms with Crippen LogP contribution in [0.1, 0.15) is 41.3 Å². The number of amides is 1. The number of nitrogens with one attached hydrogen (secondary N) is 1. The molecule has 142 valence electrons. The Bertz CT molecular complexity index is 921. The van der Waals surface area contributed by atoms with Gasteiger partial charge in [-0.1, -0.05) is 12.1 Å². The van der Waals surface area contributed by atoms with Gasteiger partial charge in [0.2, 0.25) is 5.91 Å². The van der Waals surface area contributed by atoms with Crippen LogP contribution in [0.4, 0.5) is 0 Å². The molecule has 0 bridgehead atoms. The number of fused-ring (bicyclic) bond motifs is 1. The third kappa shape index (κ3) is 3.65. The van der Waals surface area contributed by atoms with Crippen molar-refractivity contribution in [1.29, 1.82) is 0 Å². The van der Waals surface area contributed by atoms with E-state index in [1.807, 2.05) is 18.2 Å². The fraction of sp³-hybridized carbons (Fsp3) is 0.409. The van der Waals surface area contributed by atoms with Gasteiger partial charge in [-0.05, 0) is 63.0 Å². The summed E-state index contributed by atoms with van der Waals surface area (Å²) >= 11 is 0. The van der Waals surface area contributed by atoms with Crippen LogP contribution < -0.4 is 5.32 Å². The second-order valence-electron chi connectivity index (χ2n) is 7.40. The van der Waals surface area contributed by atoms with Crippen LogP contribution in [0.25, 0.3) is 11.0 Å². The van der Waals surface area contributed by atoms with Gasteiger partial charge in [0.05, 0.1) is 25.0 Å². The van der Waals surface area contributed by atoms with Crippen LogP contribution in [0.2, 0.25) is 0 Å². The maximum absolute atomic E-state index is 12.6. The molecule has 0 spiro atoms. The van der Waals surface area contributed by atoms with Crippen LogP contribution in [0.5, 0.6) is 0 Å². The Labute approximate surface area is 159 Å². The van der Waals surface area contributed by atoms with Gasteiger partial charge in [0.1, 0.15) is 11.3 Å². The molecule has 1 N–H and O–H groups in total. The van der Waals surface area contributed by atoms with E-state index in [0.29, 0.717) is 13.0 Å². The Morgan fingerprint density at radius 2 is 2.00 bits per heavy atom. The molecule has 1 aromatic carbocycles. The quantitative estimate of drug-likeness (QED) is 0.712. The summed E-state index contributed by atoms with van der Waals surface area (Å²) in [7, 11) is 0. The molecule has 1 fully saturated rings. The van der Waals surface area contributed by atoms with Crippen molar-refractivity contribution in [2.45, 2.75) is 39.2 Å². The molecule has 3 aromatic rings. The summed E-state index contributed by atoms with van der Waals surface area (Å²) in [6.45, 7) is 6.77. The lowest BCUT2D eigenvalue weighted by Gasteiger charge is -2.26. The molecule has 1 unspecified atom stereocenters. The lowest BCUT2D eigenvalue weighted by Crippen LogP contribution is -2.37. The van der Waals surface area contributed by atoms with E-state index in [2.05, 4.69) is 30.1 Å². The molecular weight excluding hydrogens is 340 g/mol. The molecule has 5 nitrogen and oxygen atoms in total. The molecule has 1 amide bonds. The fourth-order valence-corrected chi connectivity index (χ4v) is 3.92. The van der Waals surface area contributed by atoms with Crippen molar-refractivity contribution in [2.24, 2.45) is 0 Å². The number of carbonyl (C=O) groups excluding carboxylic acids is 1. The Morgan fingerprint density at radius 3 is 2.74 bits per heavy atom. The number of hydrogen-bond donors (Lipinski definition) is 1. The van der Waals surface area contributed by atoms with Crippen LogP contribution in [0.3, 0.4) is 0 Å². The first kappa shape index (κ1) is 17.9. The predicted molar refractivity (Wildman–Crippen MR) is 105 cm³/mol. The number of likely N-dealkylation sites (tertiary alicyclic amines) is 1. The van der Waals surface area contributed by atoms with Gasteiger partial charge in [-0.3, -0.25) is 9.69 Å². The smallest absolute Gasteiger partial charge is 0.224 e. The largest absolute Gasteiger partial charge is 0.468 e. The molecule has 1 aliphatic heterocycles. The number of hydrogen-bond acceptors (Lipinski definition) is 4. The summed E-state index contributed by atoms with van der Waals surface area (Å²) in [6, 6.07) is 8.11. The molecule has 0 radical (unpaired) electrons. The first-order valence-electron chi connectivity index (χ1n) is 9.64. The summed E-state index contributed by atoms with van der Waals surface area (Å²) in [6.07, 6.45) is 6.12. The van der Waals surface area contributed by atoms with E-state index in [0.717, 1.165) is 40.9 Å². The van der Waals surface area contributed by atoms with Crippen LogP contribution >= 0.6 is 0 Å². The summed E-state index contributed by atoms with van der Waals surface area (Å²) in [5.41, 5.74) is 4.13. The summed E-state index contributed by atoms with van der Waals surface area (Å²) in [5.74, 6) is 0.920. The van der Waals surface area contributed by atoms with E-state index in [9.17, 15) is 4.79 Å². The number of furan rings is 2. The van der Waals surface area contributed by atoms with Gasteiger partial charge in [-0.2, -0.15) is 0 Å². The monoisotopic (exact) mass is 366 g/mol. The zero-order chi connectivity index (χ0) is 18.8. The van der Waals surface area contributed by atoms with E-state index < -0.39 is 0 Å². The van der Waals surface area contributed by atoms with Crippen molar-refractivity contribution < 1.29 is 13.6 Å². The molecule has 1 aliphatic rings. The topological polar surface area (TPSA) is 58.6 Å². The number of aryl methyl sites for hydroxylation is 2. The number of carbonyl (C=O) groups is 1. The molecule has 27 heavy (non-hydrogen) atoms. The van der Waals surface area contributed by atoms with Gasteiger partial charge >= 0.3 is 0 Å². The Balaban J connectivity index is 1.44. The first-order valence-corrected chi connectivity index (χ1v) is 9.64. The molecule has 2 aromatic heterocycles. The highest BCUT2D eigenvalue weighted by Gasteiger charge is 2.26. The lowest BCUT2D eigenvalue weighted by molar-refractivity contribution is -0.120. The molecule has 0 aliphatic carbocycles. The van der Waals surface area contributed by atoms with E-state index in [1.54, 1.807) is 12.5 Å². The average Bonchev–Trinajstić information content (AvgIpc) is 3.41. The summed E-state index contributed by atoms with van der Waals surface area (Å²) in [5, 5.41) is 4.12. The second-order valence-corrected chi connectivity index (χ2v) is 7.40. The Hall–Kier alpha value is -2.53. The standard InChI is InChI=1S/C22H26N2O3/c1-15-7-8-18-17(14-27-22(18)16(15)2)12-21(25)23-13-19(20-6-5-11-26-20)24-9-3-4-10-24/h5-8,11,14,19H,3-4,9-10,12-13H2,1-2H3,(H,23,25). The second kappa shape index (κ2) is 7.61. The van der Waals surface area contributed by atoms with Crippen LogP contribution in [0.15, 0.2) is 45.6 Å². The Kier molecular flexibility index (Phi) is 5.03. The van der Waals surface area contributed by atoms with E-state index >= 15 is 0 Å². The fourth-order valence-electron chi connectivity index (χ4n) is 3.92. The number of rotatable bonds is 6. The molecule has 4 rings (SSSR count). The lowest BCUT2D eigenvalue weighted by atomic mass is 10.0. The third-order valence-corrected chi connectivity index (χ3v) is 5.64. The number of benzene rings is 1. The summed E-state index contributed by atoms with van der Waals surface area (Å²) < 4.78 is 11.3. The number of nitrogens with zero attached hydrogens (tertiary/aromatic N) is 1. The van der Waals surface area contributed by atoms with Crippen molar-refractivity contribution in [1.82, 2.24) is 10.2 Å². The predicted octanol–water partition coefficient (Wildman–Crippen LogP) is 4.14. The van der Waals surface area contributed by atoms with E-state index in [-0.39, 0.29) is 11.9 Å². The van der Waals surface area contributed by atoms with Crippen molar-refractivity contribution in [3.63, 3.8) is 0 Å². The highest BCUT2D eigenvalue weighted by atomic mass is 16.3. The third-order valence-electron chi connectivity index (χ3n) is 5.64. The summed E-state index contributed by atoms with van der Waals surface area (Å²) in [4.78, 5) is 15.0. The molecule has 5 heteroatoms. The molecule has 1 saturated heterocycles. The van der Waals surface area contributed by atoms with Gasteiger partial charge < -0.3 is 14.2 Å². The highest BCUT2D eigenvalue weighted by Crippen LogP contribution is 2.27. The minimum absolute atomic E-state index is 0.00619. The zero-order valence-electron chi connectivity index (χ0n) is 16.0. The van der Waals surface area contributed by atoms with Crippen molar-refractivity contribution in [2.75, 3.05) is 19.6 Å². The maximum atomic E-state index is 12.6. The van der Waals surface area contributed by atoms with Crippen LogP contribution in [-0.2, 0) is 11.2 Å². The van der Waals surface area contributed by atoms with Gasteiger partial charge in [0.15, 0.2) is 0 Å². The molecule has 3 heterocycles. The van der Waals surface area contributed by atoms with Crippen molar-refractivity contribution >= 4 is 16.9 Å². The van der Waals surface area contributed by atoms with Crippen molar-refractivity contribution in [3.8, 4) is 0 Å². The highest BCUT2D eigenvalue weighted by molar-refractivity contribution is 5.89. The van der Waals surface area contributed by atoms with Gasteiger partial charge in [-0.25, -0.2) is 0 Å². The maximum Gasteiger partial charge on any atom is 0.224 e. The Morgan fingerprint density at radius 1 is 1.19 bits per heavy atom. The van der Waals surface area contributed by atoms with Crippen LogP contribution in [-0.4, -0.2) is 30.4 Å². The minimum atomic E-state index is 0.00619. The zero-order valence-corrected chi connectivity index (χ0v) is 16.0. The van der Waals surface area contributed by atoms with E-state index in [1.165, 1.54) is 18.4 Å². The van der Waals surface area contributed by atoms with Gasteiger partial charge in [-0.15, -0.1) is 0 Å². The van der Waals surface area contributed by atoms with Gasteiger partial charge in [0.25, 0.3) is 0 Å². The average molecular weight is 366 g/mol. The minimum Gasteiger partial charge on any atom is -0.468 e. The van der Waals surface area contributed by atoms with Gasteiger partial charge in [0, 0.05) is 17.5 Å². The van der Waals surface area contributed by atoms with Crippen LogP contribution in [0, 0.1) is 13.8 Å². The first-order chi connectivity index (χ1) is 13.1. The SMILES string of the molecule is Cc1ccc2c(CC(=O)NCC(c3ccco3)N3CCCC3)coc2c1C. The van der Waals surface area contributed by atoms with E-state index in [4.69, 9.17) is 8.83 Å². The van der Waals surface area contributed by atoms with Crippen molar-refractivity contribution in [3.05, 3.63) is 59.2 Å². The normalized spacial score (nSPS) is 16.1.